The molecule has 0 amide bonds. The Hall–Kier alpha value is -4.90. The van der Waals surface area contributed by atoms with Crippen LogP contribution in [0.15, 0.2) is 80.1 Å². The lowest BCUT2D eigenvalue weighted by Crippen LogP contribution is -2.39. The van der Waals surface area contributed by atoms with Gasteiger partial charge in [0, 0.05) is 11.6 Å². The van der Waals surface area contributed by atoms with E-state index in [9.17, 15) is 19.5 Å². The normalized spacial score (nSPS) is 16.1. The Balaban J connectivity index is 1.48. The van der Waals surface area contributed by atoms with E-state index in [0.717, 1.165) is 11.3 Å². The first-order chi connectivity index (χ1) is 19.4. The van der Waals surface area contributed by atoms with E-state index in [-0.39, 0.29) is 30.1 Å². The number of nitrogens with zero attached hydrogens (tertiary/aromatic N) is 2. The number of esters is 1. The van der Waals surface area contributed by atoms with Crippen molar-refractivity contribution in [3.8, 4) is 22.8 Å². The first-order valence-corrected chi connectivity index (χ1v) is 13.2. The number of fused-ring (bicyclic) bond motifs is 2. The van der Waals surface area contributed by atoms with Gasteiger partial charge in [0.1, 0.15) is 11.5 Å². The molecule has 0 saturated heterocycles. The summed E-state index contributed by atoms with van der Waals surface area (Å²) in [4.78, 5) is 43.5. The van der Waals surface area contributed by atoms with E-state index in [0.29, 0.717) is 49.2 Å². The Kier molecular flexibility index (Phi) is 6.35. The predicted molar refractivity (Wildman–Crippen MR) is 144 cm³/mol. The first-order valence-electron chi connectivity index (χ1n) is 12.4. The second-order valence-electron chi connectivity index (χ2n) is 8.97. The van der Waals surface area contributed by atoms with Gasteiger partial charge >= 0.3 is 11.9 Å². The number of hydrogen-bond acceptors (Lipinski definition) is 9. The summed E-state index contributed by atoms with van der Waals surface area (Å²) in [6.45, 7) is 3.68. The maximum Gasteiger partial charge on any atom is 0.338 e. The van der Waals surface area contributed by atoms with Crippen LogP contribution in [0.1, 0.15) is 41.6 Å². The highest BCUT2D eigenvalue weighted by Crippen LogP contribution is 2.38. The van der Waals surface area contributed by atoms with Crippen molar-refractivity contribution in [1.29, 1.82) is 0 Å². The smallest absolute Gasteiger partial charge is 0.338 e. The molecule has 2 aromatic carbocycles. The second-order valence-corrected chi connectivity index (χ2v) is 9.98. The number of aromatic nitrogens is 1. The van der Waals surface area contributed by atoms with Crippen LogP contribution < -0.4 is 24.4 Å². The molecule has 0 radical (unpaired) electrons. The summed E-state index contributed by atoms with van der Waals surface area (Å²) in [6, 6.07) is 14.3. The van der Waals surface area contributed by atoms with Gasteiger partial charge in [-0.3, -0.25) is 9.36 Å². The lowest BCUT2D eigenvalue weighted by atomic mass is 9.95. The molecule has 202 valence electrons. The van der Waals surface area contributed by atoms with E-state index in [2.05, 4.69) is 4.99 Å². The van der Waals surface area contributed by atoms with E-state index in [1.54, 1.807) is 68.5 Å². The Morgan fingerprint density at radius 2 is 1.95 bits per heavy atom. The van der Waals surface area contributed by atoms with E-state index in [4.69, 9.17) is 18.6 Å². The SMILES string of the molecule is CCOC(=O)C1=C(C)N=c2sc(=Cc3ccc(-c4ccccc4C(=O)O)o3)c(=O)n2[C@H]1c1ccc2c(c1)OCO2. The summed E-state index contributed by atoms with van der Waals surface area (Å²) in [5, 5.41) is 9.53. The molecule has 1 N–H and O–H groups in total. The summed E-state index contributed by atoms with van der Waals surface area (Å²) in [5.74, 6) is 0.179. The zero-order valence-corrected chi connectivity index (χ0v) is 22.2. The van der Waals surface area contributed by atoms with Crippen molar-refractivity contribution < 1.29 is 33.3 Å². The monoisotopic (exact) mass is 558 g/mol. The van der Waals surface area contributed by atoms with Crippen molar-refractivity contribution in [2.45, 2.75) is 19.9 Å². The third kappa shape index (κ3) is 4.30. The number of rotatable bonds is 6. The van der Waals surface area contributed by atoms with Gasteiger partial charge in [-0.25, -0.2) is 14.6 Å². The Morgan fingerprint density at radius 1 is 1.15 bits per heavy atom. The number of carboxylic acid groups (broad SMARTS) is 1. The fraction of sp³-hybridized carbons (Fsp3) is 0.172. The van der Waals surface area contributed by atoms with Gasteiger partial charge in [0.05, 0.1) is 34.0 Å². The molecule has 11 heteroatoms. The molecule has 0 bridgehead atoms. The number of thiazole rings is 1. The molecular weight excluding hydrogens is 536 g/mol. The fourth-order valence-corrected chi connectivity index (χ4v) is 5.81. The minimum Gasteiger partial charge on any atom is -0.478 e. The lowest BCUT2D eigenvalue weighted by Gasteiger charge is -2.24. The largest absolute Gasteiger partial charge is 0.478 e. The predicted octanol–water partition coefficient (Wildman–Crippen LogP) is 3.49. The maximum absolute atomic E-state index is 13.8. The Morgan fingerprint density at radius 3 is 2.75 bits per heavy atom. The molecule has 2 aliphatic rings. The van der Waals surface area contributed by atoms with Gasteiger partial charge in [0.15, 0.2) is 16.3 Å². The van der Waals surface area contributed by atoms with Crippen molar-refractivity contribution in [2.24, 2.45) is 4.99 Å². The highest BCUT2D eigenvalue weighted by atomic mass is 32.1. The molecule has 10 nitrogen and oxygen atoms in total. The number of carboxylic acids is 1. The van der Waals surface area contributed by atoms with Crippen LogP contribution in [0.2, 0.25) is 0 Å². The van der Waals surface area contributed by atoms with Gasteiger partial charge < -0.3 is 23.7 Å². The second kappa shape index (κ2) is 10.0. The molecule has 2 aromatic heterocycles. The van der Waals surface area contributed by atoms with E-state index in [1.807, 2.05) is 0 Å². The quantitative estimate of drug-likeness (QED) is 0.356. The van der Waals surface area contributed by atoms with E-state index < -0.39 is 18.0 Å². The Labute approximate surface area is 230 Å². The minimum absolute atomic E-state index is 0.0865. The van der Waals surface area contributed by atoms with Crippen LogP contribution in [-0.2, 0) is 9.53 Å². The van der Waals surface area contributed by atoms with E-state index in [1.165, 1.54) is 10.6 Å². The number of ether oxygens (including phenoxy) is 3. The number of allylic oxidation sites excluding steroid dienone is 1. The van der Waals surface area contributed by atoms with Crippen LogP contribution in [-0.4, -0.2) is 35.0 Å². The molecule has 0 fully saturated rings. The van der Waals surface area contributed by atoms with Crippen LogP contribution >= 0.6 is 11.3 Å². The fourth-order valence-electron chi connectivity index (χ4n) is 4.78. The molecule has 2 aliphatic heterocycles. The highest BCUT2D eigenvalue weighted by Gasteiger charge is 2.34. The summed E-state index contributed by atoms with van der Waals surface area (Å²) in [7, 11) is 0. The van der Waals surface area contributed by atoms with Crippen LogP contribution in [0.5, 0.6) is 11.5 Å². The Bertz CT molecular complexity index is 1890. The molecule has 6 rings (SSSR count). The highest BCUT2D eigenvalue weighted by molar-refractivity contribution is 7.07. The van der Waals surface area contributed by atoms with Gasteiger partial charge in [0.25, 0.3) is 5.56 Å². The van der Waals surface area contributed by atoms with Crippen LogP contribution in [0, 0.1) is 0 Å². The number of furan rings is 1. The minimum atomic E-state index is -1.07. The molecule has 4 aromatic rings. The molecule has 4 heterocycles. The number of benzene rings is 2. The van der Waals surface area contributed by atoms with Gasteiger partial charge in [-0.15, -0.1) is 0 Å². The van der Waals surface area contributed by atoms with Crippen molar-refractivity contribution in [1.82, 2.24) is 4.57 Å². The standard InChI is InChI=1S/C29H22N2O8S/c1-3-36-28(35)24-15(2)30-29-31(25(24)16-8-10-21-22(12-16)38-14-37-21)26(32)23(40-29)13-17-9-11-20(39-17)18-6-4-5-7-19(18)27(33)34/h4-13,25H,3,14H2,1-2H3,(H,33,34)/t25-/m0/s1. The van der Waals surface area contributed by atoms with Crippen LogP contribution in [0.3, 0.4) is 0 Å². The number of carbonyl (C=O) groups is 2. The number of aromatic carboxylic acids is 1. The molecule has 0 spiro atoms. The topological polar surface area (TPSA) is 130 Å². The zero-order chi connectivity index (χ0) is 28.0. The molecule has 0 unspecified atom stereocenters. The molecule has 40 heavy (non-hydrogen) atoms. The van der Waals surface area contributed by atoms with Crippen molar-refractivity contribution in [3.63, 3.8) is 0 Å². The molecular formula is C29H22N2O8S. The molecule has 1 atom stereocenters. The number of hydrogen-bond donors (Lipinski definition) is 1. The first kappa shape index (κ1) is 25.4. The maximum atomic E-state index is 13.8. The third-order valence-electron chi connectivity index (χ3n) is 6.55. The van der Waals surface area contributed by atoms with Crippen LogP contribution in [0.4, 0.5) is 0 Å². The zero-order valence-electron chi connectivity index (χ0n) is 21.4. The molecule has 0 saturated carbocycles. The van der Waals surface area contributed by atoms with Gasteiger partial charge in [0.2, 0.25) is 6.79 Å². The summed E-state index contributed by atoms with van der Waals surface area (Å²) in [5.41, 5.74) is 1.50. The lowest BCUT2D eigenvalue weighted by molar-refractivity contribution is -0.139. The van der Waals surface area contributed by atoms with E-state index >= 15 is 0 Å². The summed E-state index contributed by atoms with van der Waals surface area (Å²) < 4.78 is 24.0. The van der Waals surface area contributed by atoms with Crippen molar-refractivity contribution in [3.05, 3.63) is 102 Å². The average Bonchev–Trinajstić information content (AvgIpc) is 3.67. The van der Waals surface area contributed by atoms with Crippen molar-refractivity contribution >= 4 is 29.4 Å². The molecule has 0 aliphatic carbocycles. The summed E-state index contributed by atoms with van der Waals surface area (Å²) >= 11 is 1.16. The van der Waals surface area contributed by atoms with Crippen molar-refractivity contribution in [2.75, 3.05) is 13.4 Å². The average molecular weight is 559 g/mol. The number of carbonyl (C=O) groups excluding carboxylic acids is 1. The van der Waals surface area contributed by atoms with Gasteiger partial charge in [-0.2, -0.15) is 0 Å². The van der Waals surface area contributed by atoms with Gasteiger partial charge in [-0.05, 0) is 49.7 Å². The van der Waals surface area contributed by atoms with Gasteiger partial charge in [-0.1, -0.05) is 35.6 Å². The van der Waals surface area contributed by atoms with Crippen LogP contribution in [0.25, 0.3) is 17.4 Å². The summed E-state index contributed by atoms with van der Waals surface area (Å²) in [6.07, 6.45) is 1.58. The third-order valence-corrected chi connectivity index (χ3v) is 7.54.